The second-order valence-corrected chi connectivity index (χ2v) is 6.69. The summed E-state index contributed by atoms with van der Waals surface area (Å²) >= 11 is 0. The van der Waals surface area contributed by atoms with Crippen molar-refractivity contribution in [2.45, 2.75) is 19.4 Å². The molecule has 0 aromatic heterocycles. The van der Waals surface area contributed by atoms with Crippen LogP contribution in [-0.2, 0) is 4.74 Å². The molecule has 8 heteroatoms. The molecule has 0 aliphatic carbocycles. The molecule has 1 N–H and O–H groups in total. The molecule has 1 atom stereocenters. The van der Waals surface area contributed by atoms with Crippen LogP contribution in [0.25, 0.3) is 0 Å². The van der Waals surface area contributed by atoms with Gasteiger partial charge in [0.05, 0.1) is 35.6 Å². The van der Waals surface area contributed by atoms with Gasteiger partial charge in [-0.2, -0.15) is 0 Å². The number of carbonyl (C=O) groups excluding carboxylic acids is 3. The second-order valence-electron chi connectivity index (χ2n) is 6.69. The molecule has 0 radical (unpaired) electrons. The maximum absolute atomic E-state index is 13.0. The molecule has 2 aromatic carbocycles. The fourth-order valence-corrected chi connectivity index (χ4v) is 3.01. The number of nitrogens with zero attached hydrogens (tertiary/aromatic N) is 1. The first-order valence-corrected chi connectivity index (χ1v) is 9.53. The molecule has 1 unspecified atom stereocenters. The number of fused-ring (bicyclic) bond motifs is 1. The number of terminal acetylenes is 1. The number of carbonyl (C=O) groups is 3. The predicted octanol–water partition coefficient (Wildman–Crippen LogP) is 2.44. The Morgan fingerprint density at radius 1 is 1.13 bits per heavy atom. The van der Waals surface area contributed by atoms with E-state index in [1.807, 2.05) is 0 Å². The van der Waals surface area contributed by atoms with Crippen molar-refractivity contribution in [3.63, 3.8) is 0 Å². The molecule has 0 saturated heterocycles. The van der Waals surface area contributed by atoms with Crippen LogP contribution in [0.15, 0.2) is 36.4 Å². The van der Waals surface area contributed by atoms with Gasteiger partial charge in [0, 0.05) is 6.07 Å². The standard InChI is InChI=1S/C23H21NO7/c1-4-10-30-20-12-15(7-9-19(20)29-3)24-21(26)17-8-6-14(11-18(17)22(24)27)23(28)31-13-16(25)5-2/h1,6-9,11-12,16,25H,5,10,13H2,2-3H3. The lowest BCUT2D eigenvalue weighted by atomic mass is 10.1. The van der Waals surface area contributed by atoms with Crippen LogP contribution >= 0.6 is 0 Å². The number of amides is 2. The first kappa shape index (κ1) is 21.9. The Labute approximate surface area is 179 Å². The lowest BCUT2D eigenvalue weighted by molar-refractivity contribution is 0.0250. The highest BCUT2D eigenvalue weighted by molar-refractivity contribution is 6.34. The summed E-state index contributed by atoms with van der Waals surface area (Å²) in [5.74, 6) is 1.21. The van der Waals surface area contributed by atoms with Gasteiger partial charge in [-0.05, 0) is 36.8 Å². The molecule has 0 bridgehead atoms. The molecular weight excluding hydrogens is 402 g/mol. The Morgan fingerprint density at radius 3 is 2.55 bits per heavy atom. The molecule has 160 valence electrons. The summed E-state index contributed by atoms with van der Waals surface area (Å²) in [5.41, 5.74) is 0.626. The highest BCUT2D eigenvalue weighted by atomic mass is 16.5. The van der Waals surface area contributed by atoms with Gasteiger partial charge >= 0.3 is 5.97 Å². The molecule has 3 rings (SSSR count). The number of rotatable bonds is 8. The molecule has 0 fully saturated rings. The Hall–Kier alpha value is -3.83. The van der Waals surface area contributed by atoms with Crippen LogP contribution in [0.2, 0.25) is 0 Å². The van der Waals surface area contributed by atoms with Crippen molar-refractivity contribution in [1.29, 1.82) is 0 Å². The number of aliphatic hydroxyl groups is 1. The highest BCUT2D eigenvalue weighted by Crippen LogP contribution is 2.35. The van der Waals surface area contributed by atoms with Crippen LogP contribution in [-0.4, -0.2) is 49.3 Å². The zero-order valence-corrected chi connectivity index (χ0v) is 17.1. The second kappa shape index (κ2) is 9.32. The molecular formula is C23H21NO7. The van der Waals surface area contributed by atoms with E-state index in [1.165, 1.54) is 31.4 Å². The number of benzene rings is 2. The van der Waals surface area contributed by atoms with Crippen LogP contribution in [0.5, 0.6) is 11.5 Å². The summed E-state index contributed by atoms with van der Waals surface area (Å²) in [6.45, 7) is 1.59. The van der Waals surface area contributed by atoms with Gasteiger partial charge in [0.15, 0.2) is 11.5 Å². The van der Waals surface area contributed by atoms with E-state index in [0.29, 0.717) is 12.2 Å². The van der Waals surface area contributed by atoms with Crippen molar-refractivity contribution >= 4 is 23.5 Å². The SMILES string of the molecule is C#CCOc1cc(N2C(=O)c3ccc(C(=O)OCC(O)CC)cc3C2=O)ccc1OC. The van der Waals surface area contributed by atoms with E-state index in [1.54, 1.807) is 19.1 Å². The summed E-state index contributed by atoms with van der Waals surface area (Å²) in [7, 11) is 1.46. The van der Waals surface area contributed by atoms with Gasteiger partial charge in [0.2, 0.25) is 0 Å². The molecule has 0 saturated carbocycles. The minimum absolute atomic E-state index is 0.0138. The molecule has 2 amide bonds. The zero-order valence-electron chi connectivity index (χ0n) is 17.1. The minimum atomic E-state index is -0.766. The van der Waals surface area contributed by atoms with Gasteiger partial charge in [-0.1, -0.05) is 12.8 Å². The van der Waals surface area contributed by atoms with Crippen LogP contribution in [0.3, 0.4) is 0 Å². The van der Waals surface area contributed by atoms with Gasteiger partial charge in [-0.3, -0.25) is 9.59 Å². The number of anilines is 1. The fourth-order valence-electron chi connectivity index (χ4n) is 3.01. The predicted molar refractivity (Wildman–Crippen MR) is 111 cm³/mol. The minimum Gasteiger partial charge on any atom is -0.493 e. The smallest absolute Gasteiger partial charge is 0.338 e. The van der Waals surface area contributed by atoms with E-state index in [-0.39, 0.29) is 41.3 Å². The van der Waals surface area contributed by atoms with Crippen molar-refractivity contribution in [2.75, 3.05) is 25.2 Å². The third-order valence-corrected chi connectivity index (χ3v) is 4.72. The number of ether oxygens (including phenoxy) is 3. The van der Waals surface area contributed by atoms with E-state index < -0.39 is 23.9 Å². The summed E-state index contributed by atoms with van der Waals surface area (Å²) in [6.07, 6.45) is 4.90. The summed E-state index contributed by atoms with van der Waals surface area (Å²) in [5, 5.41) is 9.55. The van der Waals surface area contributed by atoms with Crippen LogP contribution in [0.1, 0.15) is 44.4 Å². The fraction of sp³-hybridized carbons (Fsp3) is 0.261. The van der Waals surface area contributed by atoms with E-state index in [4.69, 9.17) is 20.6 Å². The lowest BCUT2D eigenvalue weighted by Crippen LogP contribution is -2.29. The maximum Gasteiger partial charge on any atom is 0.338 e. The van der Waals surface area contributed by atoms with Crippen molar-refractivity contribution < 1.29 is 33.7 Å². The van der Waals surface area contributed by atoms with E-state index in [2.05, 4.69) is 5.92 Å². The lowest BCUT2D eigenvalue weighted by Gasteiger charge is -2.16. The molecule has 1 aliphatic rings. The van der Waals surface area contributed by atoms with Crippen molar-refractivity contribution in [3.8, 4) is 23.8 Å². The average molecular weight is 423 g/mol. The number of aliphatic hydroxyl groups excluding tert-OH is 1. The number of esters is 1. The van der Waals surface area contributed by atoms with Crippen LogP contribution in [0.4, 0.5) is 5.69 Å². The first-order valence-electron chi connectivity index (χ1n) is 9.53. The Kier molecular flexibility index (Phi) is 6.58. The number of imide groups is 1. The van der Waals surface area contributed by atoms with Crippen molar-refractivity contribution in [1.82, 2.24) is 0 Å². The Balaban J connectivity index is 1.88. The molecule has 0 spiro atoms. The Bertz CT molecular complexity index is 1070. The summed E-state index contributed by atoms with van der Waals surface area (Å²) in [6, 6.07) is 8.72. The largest absolute Gasteiger partial charge is 0.493 e. The number of hydrogen-bond acceptors (Lipinski definition) is 7. The van der Waals surface area contributed by atoms with E-state index >= 15 is 0 Å². The third kappa shape index (κ3) is 4.37. The molecule has 1 heterocycles. The number of hydrogen-bond donors (Lipinski definition) is 1. The zero-order chi connectivity index (χ0) is 22.5. The van der Waals surface area contributed by atoms with E-state index in [0.717, 1.165) is 4.90 Å². The third-order valence-electron chi connectivity index (χ3n) is 4.72. The van der Waals surface area contributed by atoms with E-state index in [9.17, 15) is 19.5 Å². The highest BCUT2D eigenvalue weighted by Gasteiger charge is 2.37. The maximum atomic E-state index is 13.0. The molecule has 8 nitrogen and oxygen atoms in total. The monoisotopic (exact) mass is 423 g/mol. The summed E-state index contributed by atoms with van der Waals surface area (Å²) in [4.78, 5) is 39.1. The molecule has 1 aliphatic heterocycles. The average Bonchev–Trinajstić information content (AvgIpc) is 3.04. The van der Waals surface area contributed by atoms with Gasteiger partial charge in [-0.15, -0.1) is 6.42 Å². The quantitative estimate of drug-likeness (QED) is 0.395. The Morgan fingerprint density at radius 2 is 1.87 bits per heavy atom. The van der Waals surface area contributed by atoms with Gasteiger partial charge in [0.1, 0.15) is 13.2 Å². The van der Waals surface area contributed by atoms with Crippen molar-refractivity contribution in [2.24, 2.45) is 0 Å². The van der Waals surface area contributed by atoms with Crippen molar-refractivity contribution in [3.05, 3.63) is 53.1 Å². The first-order chi connectivity index (χ1) is 14.9. The topological polar surface area (TPSA) is 102 Å². The molecule has 2 aromatic rings. The van der Waals surface area contributed by atoms with Crippen LogP contribution < -0.4 is 14.4 Å². The normalized spacial score (nSPS) is 13.4. The number of methoxy groups -OCH3 is 1. The van der Waals surface area contributed by atoms with Gasteiger partial charge in [-0.25, -0.2) is 9.69 Å². The molecule has 31 heavy (non-hydrogen) atoms. The summed E-state index contributed by atoms with van der Waals surface area (Å²) < 4.78 is 15.7. The van der Waals surface area contributed by atoms with Gasteiger partial charge in [0.25, 0.3) is 11.8 Å². The van der Waals surface area contributed by atoms with Crippen LogP contribution in [0, 0.1) is 12.3 Å². The van der Waals surface area contributed by atoms with Gasteiger partial charge < -0.3 is 19.3 Å².